The summed E-state index contributed by atoms with van der Waals surface area (Å²) in [5, 5.41) is 3.47. The van der Waals surface area contributed by atoms with Gasteiger partial charge in [-0.1, -0.05) is 30.3 Å². The first-order valence-corrected chi connectivity index (χ1v) is 7.47. The summed E-state index contributed by atoms with van der Waals surface area (Å²) in [4.78, 5) is 2.36. The maximum Gasteiger partial charge on any atom is 0.147 e. The summed E-state index contributed by atoms with van der Waals surface area (Å²) in [5.41, 5.74) is 1.37. The summed E-state index contributed by atoms with van der Waals surface area (Å²) in [7, 11) is 2.18. The lowest BCUT2D eigenvalue weighted by atomic mass is 10.2. The molecule has 1 aliphatic heterocycles. The van der Waals surface area contributed by atoms with Crippen molar-refractivity contribution in [2.24, 2.45) is 0 Å². The van der Waals surface area contributed by atoms with Gasteiger partial charge in [-0.3, -0.25) is 0 Å². The van der Waals surface area contributed by atoms with Gasteiger partial charge < -0.3 is 19.7 Å². The SMILES string of the molecule is CN(CCCNCC1CCOCO1)Cc1ccccc1. The van der Waals surface area contributed by atoms with E-state index in [1.54, 1.807) is 0 Å². The number of ether oxygens (including phenoxy) is 2. The van der Waals surface area contributed by atoms with E-state index in [4.69, 9.17) is 9.47 Å². The molecule has 0 saturated carbocycles. The van der Waals surface area contributed by atoms with Crippen LogP contribution in [0.3, 0.4) is 0 Å². The van der Waals surface area contributed by atoms with Crippen molar-refractivity contribution in [3.63, 3.8) is 0 Å². The van der Waals surface area contributed by atoms with Crippen molar-refractivity contribution >= 4 is 0 Å². The lowest BCUT2D eigenvalue weighted by Gasteiger charge is -2.23. The monoisotopic (exact) mass is 278 g/mol. The van der Waals surface area contributed by atoms with Gasteiger partial charge in [0.15, 0.2) is 0 Å². The number of hydrogen-bond acceptors (Lipinski definition) is 4. The Bertz CT molecular complexity index is 353. The molecule has 0 spiro atoms. The van der Waals surface area contributed by atoms with E-state index in [-0.39, 0.29) is 0 Å². The van der Waals surface area contributed by atoms with Crippen LogP contribution in [0.5, 0.6) is 0 Å². The van der Waals surface area contributed by atoms with Crippen LogP contribution in [-0.4, -0.2) is 51.1 Å². The zero-order valence-electron chi connectivity index (χ0n) is 12.4. The zero-order chi connectivity index (χ0) is 14.0. The second-order valence-electron chi connectivity index (χ2n) is 5.38. The molecule has 2 rings (SSSR count). The molecule has 1 aliphatic rings. The second-order valence-corrected chi connectivity index (χ2v) is 5.38. The first-order chi connectivity index (χ1) is 9.84. The lowest BCUT2D eigenvalue weighted by molar-refractivity contribution is -0.137. The van der Waals surface area contributed by atoms with Crippen molar-refractivity contribution in [1.82, 2.24) is 10.2 Å². The Morgan fingerprint density at radius 3 is 2.90 bits per heavy atom. The van der Waals surface area contributed by atoms with Crippen LogP contribution in [0.25, 0.3) is 0 Å². The molecule has 1 heterocycles. The van der Waals surface area contributed by atoms with Crippen molar-refractivity contribution in [3.05, 3.63) is 35.9 Å². The normalized spacial score (nSPS) is 19.4. The van der Waals surface area contributed by atoms with Gasteiger partial charge in [0.05, 0.1) is 12.7 Å². The highest BCUT2D eigenvalue weighted by Crippen LogP contribution is 2.05. The van der Waals surface area contributed by atoms with Crippen molar-refractivity contribution in [2.45, 2.75) is 25.5 Å². The molecule has 1 saturated heterocycles. The van der Waals surface area contributed by atoms with Crippen LogP contribution >= 0.6 is 0 Å². The molecule has 0 aromatic heterocycles. The highest BCUT2D eigenvalue weighted by molar-refractivity contribution is 5.14. The van der Waals surface area contributed by atoms with Crippen molar-refractivity contribution in [1.29, 1.82) is 0 Å². The van der Waals surface area contributed by atoms with E-state index in [1.165, 1.54) is 5.56 Å². The Morgan fingerprint density at radius 1 is 1.30 bits per heavy atom. The van der Waals surface area contributed by atoms with E-state index >= 15 is 0 Å². The Balaban J connectivity index is 1.50. The van der Waals surface area contributed by atoms with Gasteiger partial charge in [-0.25, -0.2) is 0 Å². The summed E-state index contributed by atoms with van der Waals surface area (Å²) < 4.78 is 10.6. The standard InChI is InChI=1S/C16H26N2O2/c1-18(13-15-6-3-2-4-7-15)10-5-9-17-12-16-8-11-19-14-20-16/h2-4,6-7,16-17H,5,8-14H2,1H3. The molecular formula is C16H26N2O2. The molecule has 20 heavy (non-hydrogen) atoms. The highest BCUT2D eigenvalue weighted by atomic mass is 16.7. The fraction of sp³-hybridized carbons (Fsp3) is 0.625. The fourth-order valence-electron chi connectivity index (χ4n) is 2.37. The van der Waals surface area contributed by atoms with Gasteiger partial charge in [0, 0.05) is 13.1 Å². The van der Waals surface area contributed by atoms with E-state index < -0.39 is 0 Å². The minimum absolute atomic E-state index is 0.325. The van der Waals surface area contributed by atoms with E-state index in [0.717, 1.165) is 45.6 Å². The molecular weight excluding hydrogens is 252 g/mol. The summed E-state index contributed by atoms with van der Waals surface area (Å²) >= 11 is 0. The van der Waals surface area contributed by atoms with Crippen molar-refractivity contribution in [2.75, 3.05) is 40.1 Å². The van der Waals surface area contributed by atoms with Crippen LogP contribution < -0.4 is 5.32 Å². The summed E-state index contributed by atoms with van der Waals surface area (Å²) in [6, 6.07) is 10.6. The molecule has 1 atom stereocenters. The predicted octanol–water partition coefficient (Wildman–Crippen LogP) is 1.86. The Labute approximate surface area is 122 Å². The van der Waals surface area contributed by atoms with Crippen LogP contribution in [0, 0.1) is 0 Å². The van der Waals surface area contributed by atoms with Crippen LogP contribution in [0.15, 0.2) is 30.3 Å². The quantitative estimate of drug-likeness (QED) is 0.736. The number of nitrogens with one attached hydrogen (secondary N) is 1. The average molecular weight is 278 g/mol. The first-order valence-electron chi connectivity index (χ1n) is 7.47. The average Bonchev–Trinajstić information content (AvgIpc) is 2.49. The molecule has 0 bridgehead atoms. The molecule has 1 aromatic carbocycles. The molecule has 0 radical (unpaired) electrons. The van der Waals surface area contributed by atoms with Gasteiger partial charge in [-0.05, 0) is 38.5 Å². The van der Waals surface area contributed by atoms with Crippen LogP contribution in [0.1, 0.15) is 18.4 Å². The molecule has 112 valence electrons. The predicted molar refractivity (Wildman–Crippen MR) is 80.6 cm³/mol. The lowest BCUT2D eigenvalue weighted by Crippen LogP contribution is -2.35. The maximum absolute atomic E-state index is 5.49. The third-order valence-corrected chi connectivity index (χ3v) is 3.53. The molecule has 1 unspecified atom stereocenters. The Hall–Kier alpha value is -0.940. The van der Waals surface area contributed by atoms with Gasteiger partial charge in [-0.15, -0.1) is 0 Å². The summed E-state index contributed by atoms with van der Waals surface area (Å²) in [6.07, 6.45) is 2.48. The van der Waals surface area contributed by atoms with Gasteiger partial charge in [0.2, 0.25) is 0 Å². The van der Waals surface area contributed by atoms with Crippen molar-refractivity contribution in [3.8, 4) is 0 Å². The Morgan fingerprint density at radius 2 is 2.15 bits per heavy atom. The molecule has 1 fully saturated rings. The number of hydrogen-bond donors (Lipinski definition) is 1. The van der Waals surface area contributed by atoms with Gasteiger partial charge >= 0.3 is 0 Å². The number of benzene rings is 1. The molecule has 4 heteroatoms. The topological polar surface area (TPSA) is 33.7 Å². The molecule has 1 aromatic rings. The molecule has 0 amide bonds. The smallest absolute Gasteiger partial charge is 0.147 e. The Kier molecular flexibility index (Phi) is 7.01. The van der Waals surface area contributed by atoms with E-state index in [9.17, 15) is 0 Å². The van der Waals surface area contributed by atoms with Crippen molar-refractivity contribution < 1.29 is 9.47 Å². The number of nitrogens with zero attached hydrogens (tertiary/aromatic N) is 1. The minimum atomic E-state index is 0.325. The van der Waals surface area contributed by atoms with E-state index in [1.807, 2.05) is 0 Å². The van der Waals surface area contributed by atoms with Crippen LogP contribution in [0.4, 0.5) is 0 Å². The summed E-state index contributed by atoms with van der Waals surface area (Å²) in [6.45, 7) is 5.38. The maximum atomic E-state index is 5.49. The first kappa shape index (κ1) is 15.4. The van der Waals surface area contributed by atoms with E-state index in [0.29, 0.717) is 12.9 Å². The number of rotatable bonds is 8. The largest absolute Gasteiger partial charge is 0.355 e. The van der Waals surface area contributed by atoms with E-state index in [2.05, 4.69) is 47.6 Å². The zero-order valence-corrected chi connectivity index (χ0v) is 12.4. The van der Waals surface area contributed by atoms with Gasteiger partial charge in [0.25, 0.3) is 0 Å². The van der Waals surface area contributed by atoms with Gasteiger partial charge in [0.1, 0.15) is 6.79 Å². The third kappa shape index (κ3) is 6.01. The molecule has 4 nitrogen and oxygen atoms in total. The summed E-state index contributed by atoms with van der Waals surface area (Å²) in [5.74, 6) is 0. The van der Waals surface area contributed by atoms with Crippen LogP contribution in [0.2, 0.25) is 0 Å². The fourth-order valence-corrected chi connectivity index (χ4v) is 2.37. The highest BCUT2D eigenvalue weighted by Gasteiger charge is 2.12. The molecule has 1 N–H and O–H groups in total. The van der Waals surface area contributed by atoms with Gasteiger partial charge in [-0.2, -0.15) is 0 Å². The molecule has 0 aliphatic carbocycles. The third-order valence-electron chi connectivity index (χ3n) is 3.53. The minimum Gasteiger partial charge on any atom is -0.355 e. The van der Waals surface area contributed by atoms with Crippen LogP contribution in [-0.2, 0) is 16.0 Å². The second kappa shape index (κ2) is 9.08.